The summed E-state index contributed by atoms with van der Waals surface area (Å²) in [7, 11) is 0. The van der Waals surface area contributed by atoms with Crippen molar-refractivity contribution < 1.29 is 14.0 Å². The fourth-order valence-corrected chi connectivity index (χ4v) is 3.27. The lowest BCUT2D eigenvalue weighted by molar-refractivity contribution is -0.139. The number of nitrogens with zero attached hydrogens (tertiary/aromatic N) is 2. The number of carbonyl (C=O) groups excluding carboxylic acids is 2. The Morgan fingerprint density at radius 3 is 2.91 bits per heavy atom. The molecule has 2 saturated heterocycles. The number of hydrogen-bond donors (Lipinski definition) is 1. The SMILES string of the molecule is O=C1CCCN1CC(=O)N1CCC[C@@H](Nc2cccc(F)c2)C1. The third-order valence-electron chi connectivity index (χ3n) is 4.47. The first-order valence-electron chi connectivity index (χ1n) is 8.19. The first-order valence-corrected chi connectivity index (χ1v) is 8.19. The van der Waals surface area contributed by atoms with E-state index < -0.39 is 0 Å². The predicted molar refractivity (Wildman–Crippen MR) is 85.4 cm³/mol. The third-order valence-corrected chi connectivity index (χ3v) is 4.47. The summed E-state index contributed by atoms with van der Waals surface area (Å²) in [5.74, 6) is -0.193. The van der Waals surface area contributed by atoms with Crippen LogP contribution in [0.25, 0.3) is 0 Å². The van der Waals surface area contributed by atoms with E-state index in [2.05, 4.69) is 5.32 Å². The summed E-state index contributed by atoms with van der Waals surface area (Å²) in [5.41, 5.74) is 0.735. The molecular weight excluding hydrogens is 297 g/mol. The first kappa shape index (κ1) is 15.8. The lowest BCUT2D eigenvalue weighted by Crippen LogP contribution is -2.48. The van der Waals surface area contributed by atoms with Crippen molar-refractivity contribution in [3.05, 3.63) is 30.1 Å². The van der Waals surface area contributed by atoms with Crippen LogP contribution in [-0.2, 0) is 9.59 Å². The number of amides is 2. The Kier molecular flexibility index (Phi) is 4.79. The van der Waals surface area contributed by atoms with Crippen molar-refractivity contribution in [2.24, 2.45) is 0 Å². The van der Waals surface area contributed by atoms with Gasteiger partial charge in [-0.3, -0.25) is 9.59 Å². The maximum Gasteiger partial charge on any atom is 0.242 e. The van der Waals surface area contributed by atoms with Gasteiger partial charge in [0.05, 0.1) is 6.54 Å². The molecule has 0 bridgehead atoms. The van der Waals surface area contributed by atoms with Gasteiger partial charge >= 0.3 is 0 Å². The molecule has 0 unspecified atom stereocenters. The molecule has 2 aliphatic heterocycles. The van der Waals surface area contributed by atoms with Crippen LogP contribution in [0, 0.1) is 5.82 Å². The van der Waals surface area contributed by atoms with Crippen molar-refractivity contribution in [1.29, 1.82) is 0 Å². The average Bonchev–Trinajstić information content (AvgIpc) is 2.93. The molecule has 1 N–H and O–H groups in total. The molecule has 3 rings (SSSR count). The highest BCUT2D eigenvalue weighted by Gasteiger charge is 2.28. The average molecular weight is 319 g/mol. The Bertz CT molecular complexity index is 593. The second kappa shape index (κ2) is 6.98. The molecule has 2 fully saturated rings. The minimum atomic E-state index is -0.272. The molecular formula is C17H22FN3O2. The summed E-state index contributed by atoms with van der Waals surface area (Å²) < 4.78 is 13.2. The molecule has 2 aliphatic rings. The number of likely N-dealkylation sites (tertiary alicyclic amines) is 2. The van der Waals surface area contributed by atoms with Gasteiger partial charge in [0.2, 0.25) is 11.8 Å². The minimum Gasteiger partial charge on any atom is -0.380 e. The molecule has 0 aromatic heterocycles. The van der Waals surface area contributed by atoms with E-state index in [1.54, 1.807) is 11.0 Å². The maximum absolute atomic E-state index is 13.2. The number of benzene rings is 1. The molecule has 2 amide bonds. The summed E-state index contributed by atoms with van der Waals surface area (Å²) in [4.78, 5) is 27.5. The Balaban J connectivity index is 1.55. The van der Waals surface area contributed by atoms with E-state index in [9.17, 15) is 14.0 Å². The summed E-state index contributed by atoms with van der Waals surface area (Å²) in [6.45, 7) is 2.19. The third kappa shape index (κ3) is 4.00. The standard InChI is InChI=1S/C17H22FN3O2/c18-13-4-1-5-14(10-13)19-15-6-2-8-20(11-15)17(23)12-21-9-3-7-16(21)22/h1,4-5,10,15,19H,2-3,6-9,11-12H2/t15-/m1/s1. The van der Waals surface area contributed by atoms with Gasteiger partial charge in [0.25, 0.3) is 0 Å². The van der Waals surface area contributed by atoms with E-state index in [0.717, 1.165) is 31.5 Å². The van der Waals surface area contributed by atoms with Crippen LogP contribution in [0.3, 0.4) is 0 Å². The predicted octanol–water partition coefficient (Wildman–Crippen LogP) is 1.85. The second-order valence-corrected chi connectivity index (χ2v) is 6.25. The smallest absolute Gasteiger partial charge is 0.242 e. The van der Waals surface area contributed by atoms with E-state index in [1.807, 2.05) is 11.0 Å². The summed E-state index contributed by atoms with van der Waals surface area (Å²) >= 11 is 0. The van der Waals surface area contributed by atoms with Gasteiger partial charge in [-0.1, -0.05) is 6.07 Å². The van der Waals surface area contributed by atoms with Crippen LogP contribution in [0.15, 0.2) is 24.3 Å². The number of halogens is 1. The van der Waals surface area contributed by atoms with Gasteiger partial charge in [-0.2, -0.15) is 0 Å². The molecule has 6 heteroatoms. The number of anilines is 1. The van der Waals surface area contributed by atoms with Crippen molar-refractivity contribution in [1.82, 2.24) is 9.80 Å². The van der Waals surface area contributed by atoms with E-state index in [0.29, 0.717) is 19.5 Å². The Morgan fingerprint density at radius 1 is 1.30 bits per heavy atom. The van der Waals surface area contributed by atoms with Crippen LogP contribution in [0.1, 0.15) is 25.7 Å². The van der Waals surface area contributed by atoms with Crippen molar-refractivity contribution >= 4 is 17.5 Å². The highest BCUT2D eigenvalue weighted by molar-refractivity contribution is 5.86. The lowest BCUT2D eigenvalue weighted by Gasteiger charge is -2.34. The zero-order chi connectivity index (χ0) is 16.2. The number of hydrogen-bond acceptors (Lipinski definition) is 3. The van der Waals surface area contributed by atoms with Gasteiger partial charge in [-0.15, -0.1) is 0 Å². The van der Waals surface area contributed by atoms with Crippen LogP contribution in [0.5, 0.6) is 0 Å². The lowest BCUT2D eigenvalue weighted by atomic mass is 10.1. The quantitative estimate of drug-likeness (QED) is 0.921. The van der Waals surface area contributed by atoms with Crippen molar-refractivity contribution in [3.8, 4) is 0 Å². The normalized spacial score (nSPS) is 21.6. The highest BCUT2D eigenvalue weighted by atomic mass is 19.1. The molecule has 0 saturated carbocycles. The molecule has 124 valence electrons. The number of piperidine rings is 1. The Morgan fingerprint density at radius 2 is 2.17 bits per heavy atom. The monoisotopic (exact) mass is 319 g/mol. The molecule has 1 atom stereocenters. The van der Waals surface area contributed by atoms with Crippen molar-refractivity contribution in [2.75, 3.05) is 31.5 Å². The molecule has 0 aliphatic carbocycles. The molecule has 0 radical (unpaired) electrons. The topological polar surface area (TPSA) is 52.7 Å². The van der Waals surface area contributed by atoms with E-state index in [4.69, 9.17) is 0 Å². The number of carbonyl (C=O) groups is 2. The molecule has 23 heavy (non-hydrogen) atoms. The zero-order valence-electron chi connectivity index (χ0n) is 13.1. The number of rotatable bonds is 4. The van der Waals surface area contributed by atoms with Gasteiger partial charge in [-0.25, -0.2) is 4.39 Å². The first-order chi connectivity index (χ1) is 11.1. The van der Waals surface area contributed by atoms with Crippen LogP contribution in [0.4, 0.5) is 10.1 Å². The fraction of sp³-hybridized carbons (Fsp3) is 0.529. The molecule has 5 nitrogen and oxygen atoms in total. The van der Waals surface area contributed by atoms with Gasteiger partial charge in [0.1, 0.15) is 5.82 Å². The van der Waals surface area contributed by atoms with Gasteiger partial charge < -0.3 is 15.1 Å². The van der Waals surface area contributed by atoms with Crippen molar-refractivity contribution in [2.45, 2.75) is 31.7 Å². The molecule has 1 aromatic carbocycles. The van der Waals surface area contributed by atoms with Crippen LogP contribution < -0.4 is 5.32 Å². The Labute approximate surface area is 135 Å². The molecule has 0 spiro atoms. The summed E-state index contributed by atoms with van der Waals surface area (Å²) in [6, 6.07) is 6.48. The van der Waals surface area contributed by atoms with Crippen LogP contribution in [0.2, 0.25) is 0 Å². The van der Waals surface area contributed by atoms with Gasteiger partial charge in [0, 0.05) is 37.8 Å². The summed E-state index contributed by atoms with van der Waals surface area (Å²) in [6.07, 6.45) is 3.25. The van der Waals surface area contributed by atoms with E-state index in [1.165, 1.54) is 12.1 Å². The summed E-state index contributed by atoms with van der Waals surface area (Å²) in [5, 5.41) is 3.29. The van der Waals surface area contributed by atoms with Gasteiger partial charge in [-0.05, 0) is 37.5 Å². The Hall–Kier alpha value is -2.11. The maximum atomic E-state index is 13.2. The van der Waals surface area contributed by atoms with Gasteiger partial charge in [0.15, 0.2) is 0 Å². The van der Waals surface area contributed by atoms with E-state index in [-0.39, 0.29) is 30.2 Å². The van der Waals surface area contributed by atoms with Crippen molar-refractivity contribution in [3.63, 3.8) is 0 Å². The largest absolute Gasteiger partial charge is 0.380 e. The fourth-order valence-electron chi connectivity index (χ4n) is 3.27. The minimum absolute atomic E-state index is 0.00555. The highest BCUT2D eigenvalue weighted by Crippen LogP contribution is 2.18. The van der Waals surface area contributed by atoms with Crippen LogP contribution >= 0.6 is 0 Å². The van der Waals surface area contributed by atoms with E-state index >= 15 is 0 Å². The molecule has 2 heterocycles. The number of nitrogens with one attached hydrogen (secondary N) is 1. The second-order valence-electron chi connectivity index (χ2n) is 6.25. The van der Waals surface area contributed by atoms with Crippen LogP contribution in [-0.4, -0.2) is 53.8 Å². The molecule has 1 aromatic rings. The zero-order valence-corrected chi connectivity index (χ0v) is 13.1.